The van der Waals surface area contributed by atoms with Gasteiger partial charge >= 0.3 is 0 Å². The lowest BCUT2D eigenvalue weighted by Gasteiger charge is -2.32. The van der Waals surface area contributed by atoms with Crippen molar-refractivity contribution in [1.29, 1.82) is 0 Å². The molecule has 6 nitrogen and oxygen atoms in total. The highest BCUT2D eigenvalue weighted by molar-refractivity contribution is 5.94. The summed E-state index contributed by atoms with van der Waals surface area (Å²) < 4.78 is 4.18. The number of nitrogens with zero attached hydrogens (tertiary/aromatic N) is 5. The molecule has 0 radical (unpaired) electrons. The Balaban J connectivity index is 1.30. The van der Waals surface area contributed by atoms with Gasteiger partial charge in [-0.25, -0.2) is 4.98 Å². The third-order valence-electron chi connectivity index (χ3n) is 6.53. The van der Waals surface area contributed by atoms with Crippen LogP contribution in [-0.2, 0) is 13.6 Å². The third-order valence-corrected chi connectivity index (χ3v) is 6.53. The van der Waals surface area contributed by atoms with Crippen molar-refractivity contribution in [2.24, 2.45) is 7.05 Å². The first-order valence-electron chi connectivity index (χ1n) is 11.3. The molecule has 4 aromatic rings. The Labute approximate surface area is 188 Å². The normalized spacial score (nSPS) is 16.6. The van der Waals surface area contributed by atoms with E-state index in [1.807, 2.05) is 52.9 Å². The molecule has 1 amide bonds. The summed E-state index contributed by atoms with van der Waals surface area (Å²) in [4.78, 5) is 20.1. The quantitative estimate of drug-likeness (QED) is 0.483. The van der Waals surface area contributed by atoms with Crippen molar-refractivity contribution in [1.82, 2.24) is 24.2 Å². The number of aromatic nitrogens is 4. The summed E-state index contributed by atoms with van der Waals surface area (Å²) in [5, 5.41) is 4.53. The minimum Gasteiger partial charge on any atom is -0.338 e. The molecule has 1 fully saturated rings. The summed E-state index contributed by atoms with van der Waals surface area (Å²) in [7, 11) is 2.08. The number of carbonyl (C=O) groups is 1. The van der Waals surface area contributed by atoms with E-state index in [-0.39, 0.29) is 11.8 Å². The molecule has 1 aliphatic heterocycles. The monoisotopic (exact) mass is 427 g/mol. The highest BCUT2D eigenvalue weighted by Gasteiger charge is 2.28. The van der Waals surface area contributed by atoms with Gasteiger partial charge in [0.1, 0.15) is 5.82 Å². The molecule has 164 valence electrons. The fraction of sp³-hybridized carbons (Fsp3) is 0.346. The zero-order valence-electron chi connectivity index (χ0n) is 19.0. The smallest absolute Gasteiger partial charge is 0.253 e. The van der Waals surface area contributed by atoms with Crippen LogP contribution in [0.2, 0.25) is 0 Å². The maximum atomic E-state index is 13.2. The fourth-order valence-electron chi connectivity index (χ4n) is 4.84. The number of amides is 1. The number of fused-ring (bicyclic) bond motifs is 1. The van der Waals surface area contributed by atoms with E-state index >= 15 is 0 Å². The summed E-state index contributed by atoms with van der Waals surface area (Å²) in [5.41, 5.74) is 6.21. The molecule has 0 saturated carbocycles. The predicted molar refractivity (Wildman–Crippen MR) is 126 cm³/mol. The minimum atomic E-state index is 0.103. The van der Waals surface area contributed by atoms with E-state index in [1.165, 1.54) is 0 Å². The van der Waals surface area contributed by atoms with E-state index in [0.29, 0.717) is 13.1 Å². The van der Waals surface area contributed by atoms with Crippen LogP contribution in [0.5, 0.6) is 0 Å². The molecule has 1 atom stereocenters. The largest absolute Gasteiger partial charge is 0.338 e. The van der Waals surface area contributed by atoms with Crippen molar-refractivity contribution in [3.05, 3.63) is 82.9 Å². The Hall–Kier alpha value is -3.41. The van der Waals surface area contributed by atoms with Crippen LogP contribution in [0.15, 0.2) is 54.6 Å². The van der Waals surface area contributed by atoms with Gasteiger partial charge in [-0.3, -0.25) is 9.48 Å². The van der Waals surface area contributed by atoms with Crippen LogP contribution in [-0.4, -0.2) is 43.2 Å². The average Bonchev–Trinajstić information content (AvgIpc) is 3.32. The first kappa shape index (κ1) is 20.5. The number of likely N-dealkylation sites (tertiary alicyclic amines) is 1. The van der Waals surface area contributed by atoms with Crippen molar-refractivity contribution in [3.8, 4) is 0 Å². The topological polar surface area (TPSA) is 56.0 Å². The number of hydrogen-bond donors (Lipinski definition) is 0. The second kappa shape index (κ2) is 8.26. The van der Waals surface area contributed by atoms with Gasteiger partial charge in [0.05, 0.1) is 23.3 Å². The number of benzene rings is 2. The fourth-order valence-corrected chi connectivity index (χ4v) is 4.84. The minimum absolute atomic E-state index is 0.103. The summed E-state index contributed by atoms with van der Waals surface area (Å²) in [6.07, 6.45) is 2.05. The zero-order valence-corrected chi connectivity index (χ0v) is 19.0. The molecule has 32 heavy (non-hydrogen) atoms. The lowest BCUT2D eigenvalue weighted by Crippen LogP contribution is -2.39. The van der Waals surface area contributed by atoms with Crippen molar-refractivity contribution in [2.45, 2.75) is 39.2 Å². The Bertz CT molecular complexity index is 1270. The Kier molecular flexibility index (Phi) is 5.29. The molecule has 5 rings (SSSR count). The van der Waals surface area contributed by atoms with E-state index < -0.39 is 0 Å². The molecule has 0 bridgehead atoms. The lowest BCUT2D eigenvalue weighted by molar-refractivity contribution is 0.0703. The van der Waals surface area contributed by atoms with Gasteiger partial charge in [0, 0.05) is 37.3 Å². The molecule has 1 aliphatic rings. The Morgan fingerprint density at radius 1 is 1.09 bits per heavy atom. The molecular formula is C26H29N5O. The maximum absolute atomic E-state index is 13.2. The molecule has 2 aromatic heterocycles. The first-order valence-corrected chi connectivity index (χ1v) is 11.3. The number of piperidine rings is 1. The second-order valence-electron chi connectivity index (χ2n) is 8.89. The number of imidazole rings is 1. The van der Waals surface area contributed by atoms with Gasteiger partial charge in [-0.2, -0.15) is 5.10 Å². The second-order valence-corrected chi connectivity index (χ2v) is 8.89. The number of para-hydroxylation sites is 2. The summed E-state index contributed by atoms with van der Waals surface area (Å²) in [5.74, 6) is 1.44. The van der Waals surface area contributed by atoms with Crippen LogP contribution in [0, 0.1) is 13.8 Å². The van der Waals surface area contributed by atoms with E-state index in [0.717, 1.165) is 58.8 Å². The summed E-state index contributed by atoms with van der Waals surface area (Å²) in [6, 6.07) is 18.3. The van der Waals surface area contributed by atoms with Crippen molar-refractivity contribution < 1.29 is 4.79 Å². The van der Waals surface area contributed by atoms with Gasteiger partial charge in [-0.1, -0.05) is 24.3 Å². The van der Waals surface area contributed by atoms with E-state index in [2.05, 4.69) is 41.8 Å². The van der Waals surface area contributed by atoms with Crippen LogP contribution in [0.3, 0.4) is 0 Å². The molecular weight excluding hydrogens is 398 g/mol. The molecule has 1 unspecified atom stereocenters. The van der Waals surface area contributed by atoms with Crippen LogP contribution in [0.25, 0.3) is 11.0 Å². The summed E-state index contributed by atoms with van der Waals surface area (Å²) >= 11 is 0. The van der Waals surface area contributed by atoms with Gasteiger partial charge in [0.2, 0.25) is 0 Å². The van der Waals surface area contributed by atoms with E-state index in [9.17, 15) is 4.79 Å². The maximum Gasteiger partial charge on any atom is 0.253 e. The van der Waals surface area contributed by atoms with Crippen molar-refractivity contribution >= 4 is 16.9 Å². The molecule has 0 aliphatic carbocycles. The predicted octanol–water partition coefficient (Wildman–Crippen LogP) is 4.45. The highest BCUT2D eigenvalue weighted by atomic mass is 16.2. The van der Waals surface area contributed by atoms with Crippen LogP contribution < -0.4 is 0 Å². The van der Waals surface area contributed by atoms with Crippen LogP contribution in [0.4, 0.5) is 0 Å². The average molecular weight is 428 g/mol. The number of hydrogen-bond acceptors (Lipinski definition) is 3. The highest BCUT2D eigenvalue weighted by Crippen LogP contribution is 2.29. The van der Waals surface area contributed by atoms with Gasteiger partial charge in [0.15, 0.2) is 0 Å². The molecule has 3 heterocycles. The summed E-state index contributed by atoms with van der Waals surface area (Å²) in [6.45, 7) is 6.29. The Morgan fingerprint density at radius 2 is 1.88 bits per heavy atom. The molecule has 0 N–H and O–H groups in total. The van der Waals surface area contributed by atoms with Gasteiger partial charge in [0.25, 0.3) is 5.91 Å². The van der Waals surface area contributed by atoms with Crippen LogP contribution >= 0.6 is 0 Å². The van der Waals surface area contributed by atoms with Gasteiger partial charge < -0.3 is 9.47 Å². The third kappa shape index (κ3) is 3.81. The van der Waals surface area contributed by atoms with Gasteiger partial charge in [-0.15, -0.1) is 0 Å². The first-order chi connectivity index (χ1) is 15.5. The SMILES string of the molecule is Cc1cc(C)n(Cc2ccc(C(=O)N3CCCC(c4nc5ccccc5n4C)C3)cc2)n1. The lowest BCUT2D eigenvalue weighted by atomic mass is 9.96. The number of aryl methyl sites for hydroxylation is 3. The zero-order chi connectivity index (χ0) is 22.2. The molecule has 0 spiro atoms. The van der Waals surface area contributed by atoms with E-state index in [4.69, 9.17) is 4.98 Å². The molecule has 1 saturated heterocycles. The number of rotatable bonds is 4. The van der Waals surface area contributed by atoms with Crippen LogP contribution in [0.1, 0.15) is 51.9 Å². The number of carbonyl (C=O) groups excluding carboxylic acids is 1. The van der Waals surface area contributed by atoms with Crippen molar-refractivity contribution in [3.63, 3.8) is 0 Å². The van der Waals surface area contributed by atoms with Crippen molar-refractivity contribution in [2.75, 3.05) is 13.1 Å². The standard InChI is InChI=1S/C26H29N5O/c1-18-15-19(2)31(28-18)16-20-10-12-21(13-11-20)26(32)30-14-6-7-22(17-30)25-27-23-8-4-5-9-24(23)29(25)3/h4-5,8-13,15,22H,6-7,14,16-17H2,1-3H3. The van der Waals surface area contributed by atoms with Gasteiger partial charge in [-0.05, 0) is 62.6 Å². The molecule has 2 aromatic carbocycles. The van der Waals surface area contributed by atoms with E-state index in [1.54, 1.807) is 0 Å². The molecule has 6 heteroatoms. The Morgan fingerprint density at radius 3 is 2.59 bits per heavy atom.